The maximum absolute atomic E-state index is 12.6. The van der Waals surface area contributed by atoms with Crippen LogP contribution in [0.15, 0.2) is 17.1 Å². The zero-order valence-corrected chi connectivity index (χ0v) is 13.5. The topological polar surface area (TPSA) is 87.4 Å². The van der Waals surface area contributed by atoms with Crippen molar-refractivity contribution in [3.8, 4) is 6.07 Å². The van der Waals surface area contributed by atoms with Gasteiger partial charge in [-0.15, -0.1) is 0 Å². The van der Waals surface area contributed by atoms with Crippen molar-refractivity contribution in [1.82, 2.24) is 19.7 Å². The summed E-state index contributed by atoms with van der Waals surface area (Å²) in [6.07, 6.45) is 2.48. The van der Waals surface area contributed by atoms with E-state index in [1.807, 2.05) is 33.8 Å². The van der Waals surface area contributed by atoms with Gasteiger partial charge in [-0.25, -0.2) is 14.6 Å². The van der Waals surface area contributed by atoms with Crippen LogP contribution in [0, 0.1) is 18.3 Å². The van der Waals surface area contributed by atoms with E-state index in [-0.39, 0.29) is 11.0 Å². The Labute approximate surface area is 129 Å². The van der Waals surface area contributed by atoms with Crippen LogP contribution in [0.5, 0.6) is 0 Å². The molecule has 0 aliphatic heterocycles. The van der Waals surface area contributed by atoms with Crippen molar-refractivity contribution in [3.63, 3.8) is 0 Å². The fourth-order valence-electron chi connectivity index (χ4n) is 2.39. The maximum atomic E-state index is 12.6. The lowest BCUT2D eigenvalue weighted by atomic mass is 9.88. The van der Waals surface area contributed by atoms with Crippen molar-refractivity contribution in [2.75, 3.05) is 0 Å². The predicted octanol–water partition coefficient (Wildman–Crippen LogP) is 2.08. The number of H-pyrrole nitrogens is 1. The average molecular weight is 299 g/mol. The first-order valence-corrected chi connectivity index (χ1v) is 7.30. The van der Waals surface area contributed by atoms with Crippen molar-refractivity contribution in [2.45, 2.75) is 52.5 Å². The molecule has 2 aromatic rings. The van der Waals surface area contributed by atoms with E-state index in [1.54, 1.807) is 6.20 Å². The van der Waals surface area contributed by atoms with Crippen LogP contribution >= 0.6 is 0 Å². The van der Waals surface area contributed by atoms with E-state index < -0.39 is 0 Å². The van der Waals surface area contributed by atoms with Crippen molar-refractivity contribution in [1.29, 1.82) is 5.26 Å². The third-order valence-corrected chi connectivity index (χ3v) is 3.43. The van der Waals surface area contributed by atoms with Gasteiger partial charge in [-0.2, -0.15) is 5.26 Å². The predicted molar refractivity (Wildman–Crippen MR) is 83.6 cm³/mol. The molecule has 0 saturated carbocycles. The summed E-state index contributed by atoms with van der Waals surface area (Å²) >= 11 is 0. The summed E-state index contributed by atoms with van der Waals surface area (Å²) in [5.41, 5.74) is 2.14. The zero-order chi connectivity index (χ0) is 16.3. The van der Waals surface area contributed by atoms with Crippen molar-refractivity contribution in [2.24, 2.45) is 0 Å². The maximum Gasteiger partial charge on any atom is 0.270 e. The number of hydrogen-bond donors (Lipinski definition) is 1. The molecule has 0 atom stereocenters. The Morgan fingerprint density at radius 3 is 2.73 bits per heavy atom. The van der Waals surface area contributed by atoms with E-state index in [1.165, 1.54) is 4.68 Å². The molecule has 2 aromatic heterocycles. The highest BCUT2D eigenvalue weighted by atomic mass is 16.1. The summed E-state index contributed by atoms with van der Waals surface area (Å²) in [5, 5.41) is 12.0. The van der Waals surface area contributed by atoms with Crippen LogP contribution < -0.4 is 5.56 Å². The SMILES string of the molecule is Cc1ccnc(Cn2[nH]c(C(C)(C)C)c(CCC#N)c2=O)n1. The lowest BCUT2D eigenvalue weighted by Crippen LogP contribution is -2.21. The lowest BCUT2D eigenvalue weighted by molar-refractivity contribution is 0.535. The summed E-state index contributed by atoms with van der Waals surface area (Å²) in [6.45, 7) is 8.32. The Morgan fingerprint density at radius 1 is 1.41 bits per heavy atom. The van der Waals surface area contributed by atoms with Gasteiger partial charge in [0.2, 0.25) is 0 Å². The average Bonchev–Trinajstić information content (AvgIpc) is 2.74. The summed E-state index contributed by atoms with van der Waals surface area (Å²) in [4.78, 5) is 21.1. The molecule has 6 heteroatoms. The minimum atomic E-state index is -0.192. The number of aromatic amines is 1. The van der Waals surface area contributed by atoms with Gasteiger partial charge < -0.3 is 0 Å². The molecule has 2 heterocycles. The molecule has 0 unspecified atom stereocenters. The highest BCUT2D eigenvalue weighted by Crippen LogP contribution is 2.23. The van der Waals surface area contributed by atoms with E-state index >= 15 is 0 Å². The van der Waals surface area contributed by atoms with Gasteiger partial charge in [0.25, 0.3) is 5.56 Å². The van der Waals surface area contributed by atoms with Gasteiger partial charge in [0.05, 0.1) is 6.07 Å². The number of nitrogens with zero attached hydrogens (tertiary/aromatic N) is 4. The monoisotopic (exact) mass is 299 g/mol. The Kier molecular flexibility index (Phi) is 4.45. The van der Waals surface area contributed by atoms with Crippen LogP contribution in [-0.2, 0) is 18.4 Å². The van der Waals surface area contributed by atoms with E-state index in [2.05, 4.69) is 21.1 Å². The third-order valence-electron chi connectivity index (χ3n) is 3.43. The molecule has 0 fully saturated rings. The van der Waals surface area contributed by atoms with E-state index in [0.717, 1.165) is 11.4 Å². The second kappa shape index (κ2) is 6.14. The number of nitrogens with one attached hydrogen (secondary N) is 1. The minimum Gasteiger partial charge on any atom is -0.298 e. The molecule has 22 heavy (non-hydrogen) atoms. The van der Waals surface area contributed by atoms with Gasteiger partial charge in [0.1, 0.15) is 12.4 Å². The van der Waals surface area contributed by atoms with Crippen LogP contribution in [0.4, 0.5) is 0 Å². The molecule has 116 valence electrons. The fraction of sp³-hybridized carbons (Fsp3) is 0.500. The third kappa shape index (κ3) is 3.42. The van der Waals surface area contributed by atoms with Crippen LogP contribution in [0.3, 0.4) is 0 Å². The first-order valence-electron chi connectivity index (χ1n) is 7.30. The Balaban J connectivity index is 2.43. The molecule has 2 rings (SSSR count). The van der Waals surface area contributed by atoms with E-state index in [9.17, 15) is 4.79 Å². The van der Waals surface area contributed by atoms with E-state index in [4.69, 9.17) is 5.26 Å². The first-order chi connectivity index (χ1) is 10.3. The highest BCUT2D eigenvalue weighted by molar-refractivity contribution is 5.25. The summed E-state index contributed by atoms with van der Waals surface area (Å²) < 4.78 is 1.53. The number of aromatic nitrogens is 4. The highest BCUT2D eigenvalue weighted by Gasteiger charge is 2.24. The van der Waals surface area contributed by atoms with Gasteiger partial charge in [-0.1, -0.05) is 20.8 Å². The quantitative estimate of drug-likeness (QED) is 0.936. The number of rotatable bonds is 4. The molecule has 0 spiro atoms. The lowest BCUT2D eigenvalue weighted by Gasteiger charge is -2.18. The molecular formula is C16H21N5O. The Morgan fingerprint density at radius 2 is 2.14 bits per heavy atom. The van der Waals surface area contributed by atoms with Crippen LogP contribution in [-0.4, -0.2) is 19.7 Å². The van der Waals surface area contributed by atoms with Crippen molar-refractivity contribution >= 4 is 0 Å². The molecule has 0 radical (unpaired) electrons. The first kappa shape index (κ1) is 16.0. The molecular weight excluding hydrogens is 278 g/mol. The largest absolute Gasteiger partial charge is 0.298 e. The minimum absolute atomic E-state index is 0.0923. The van der Waals surface area contributed by atoms with Crippen LogP contribution in [0.1, 0.15) is 50.0 Å². The standard InChI is InChI=1S/C16H21N5O/c1-11-7-9-18-13(19-11)10-21-15(22)12(6-5-8-17)14(20-21)16(2,3)4/h7,9,20H,5-6,10H2,1-4H3. The molecule has 0 aliphatic carbocycles. The molecule has 1 N–H and O–H groups in total. The van der Waals surface area contributed by atoms with Gasteiger partial charge >= 0.3 is 0 Å². The summed E-state index contributed by atoms with van der Waals surface area (Å²) in [7, 11) is 0. The second-order valence-electron chi connectivity index (χ2n) is 6.38. The number of nitriles is 1. The molecule has 6 nitrogen and oxygen atoms in total. The number of aryl methyl sites for hydroxylation is 1. The van der Waals surface area contributed by atoms with E-state index in [0.29, 0.717) is 30.8 Å². The van der Waals surface area contributed by atoms with Crippen molar-refractivity contribution in [3.05, 3.63) is 45.4 Å². The fourth-order valence-corrected chi connectivity index (χ4v) is 2.39. The summed E-state index contributed by atoms with van der Waals surface area (Å²) in [6, 6.07) is 3.92. The van der Waals surface area contributed by atoms with Gasteiger partial charge in [0, 0.05) is 35.0 Å². The molecule has 0 saturated heterocycles. The molecule has 0 aromatic carbocycles. The van der Waals surface area contributed by atoms with Crippen LogP contribution in [0.25, 0.3) is 0 Å². The van der Waals surface area contributed by atoms with Crippen LogP contribution in [0.2, 0.25) is 0 Å². The summed E-state index contributed by atoms with van der Waals surface area (Å²) in [5.74, 6) is 0.593. The van der Waals surface area contributed by atoms with Gasteiger partial charge in [-0.3, -0.25) is 9.89 Å². The normalized spacial score (nSPS) is 11.4. The van der Waals surface area contributed by atoms with Crippen molar-refractivity contribution < 1.29 is 0 Å². The molecule has 0 amide bonds. The second-order valence-corrected chi connectivity index (χ2v) is 6.38. The van der Waals surface area contributed by atoms with Gasteiger partial charge in [0.15, 0.2) is 0 Å². The number of hydrogen-bond acceptors (Lipinski definition) is 4. The van der Waals surface area contributed by atoms with Gasteiger partial charge in [-0.05, 0) is 19.4 Å². The molecule has 0 bridgehead atoms. The smallest absolute Gasteiger partial charge is 0.270 e. The Hall–Kier alpha value is -2.42. The Bertz CT molecular complexity index is 758. The molecule has 0 aliphatic rings. The zero-order valence-electron chi connectivity index (χ0n) is 13.5.